The van der Waals surface area contributed by atoms with Crippen molar-refractivity contribution in [1.29, 1.82) is 0 Å². The lowest BCUT2D eigenvalue weighted by atomic mass is 10.0. The Morgan fingerprint density at radius 1 is 1.10 bits per heavy atom. The molecule has 1 aromatic carbocycles. The van der Waals surface area contributed by atoms with E-state index in [4.69, 9.17) is 14.2 Å². The zero-order valence-corrected chi connectivity index (χ0v) is 17.6. The van der Waals surface area contributed by atoms with Crippen molar-refractivity contribution in [3.63, 3.8) is 0 Å². The minimum absolute atomic E-state index is 0.0425. The second kappa shape index (κ2) is 8.38. The molecule has 0 aromatic heterocycles. The molecule has 0 atom stereocenters. The van der Waals surface area contributed by atoms with Crippen molar-refractivity contribution in [2.75, 3.05) is 44.0 Å². The van der Waals surface area contributed by atoms with E-state index in [9.17, 15) is 9.59 Å². The standard InChI is InChI=1S/C21H26N2O5S/c1-14-3-4-16(13-17(14)22-19(24)18-15(2)26-11-12-29-18)20(25)23-7-5-21(6-8-23)27-9-10-28-21/h3-4,13H,5-12H2,1-2H3,(H,22,24). The molecular weight excluding hydrogens is 392 g/mol. The molecule has 2 amide bonds. The maximum Gasteiger partial charge on any atom is 0.265 e. The Labute approximate surface area is 174 Å². The van der Waals surface area contributed by atoms with Gasteiger partial charge in [-0.2, -0.15) is 0 Å². The molecule has 156 valence electrons. The third kappa shape index (κ3) is 4.29. The smallest absolute Gasteiger partial charge is 0.265 e. The topological polar surface area (TPSA) is 77.1 Å². The van der Waals surface area contributed by atoms with Gasteiger partial charge in [0.25, 0.3) is 11.8 Å². The first-order valence-electron chi connectivity index (χ1n) is 9.93. The Bertz CT molecular complexity index is 837. The number of carbonyl (C=O) groups excluding carboxylic acids is 2. The fourth-order valence-electron chi connectivity index (χ4n) is 3.82. The molecule has 0 unspecified atom stereocenters. The maximum atomic E-state index is 13.0. The van der Waals surface area contributed by atoms with Crippen molar-refractivity contribution in [3.8, 4) is 0 Å². The predicted octanol–water partition coefficient (Wildman–Crippen LogP) is 2.91. The van der Waals surface area contributed by atoms with E-state index in [1.807, 2.05) is 24.0 Å². The number of hydrogen-bond acceptors (Lipinski definition) is 6. The number of aryl methyl sites for hydroxylation is 1. The lowest BCUT2D eigenvalue weighted by Gasteiger charge is -2.37. The molecule has 0 radical (unpaired) electrons. The molecule has 0 aliphatic carbocycles. The number of ether oxygens (including phenoxy) is 3. The average Bonchev–Trinajstić information content (AvgIpc) is 3.18. The van der Waals surface area contributed by atoms with E-state index >= 15 is 0 Å². The molecule has 29 heavy (non-hydrogen) atoms. The lowest BCUT2D eigenvalue weighted by molar-refractivity contribution is -0.181. The largest absolute Gasteiger partial charge is 0.496 e. The van der Waals surface area contributed by atoms with Crippen LogP contribution >= 0.6 is 11.8 Å². The molecule has 0 saturated carbocycles. The summed E-state index contributed by atoms with van der Waals surface area (Å²) in [5, 5.41) is 2.94. The van der Waals surface area contributed by atoms with Crippen LogP contribution in [-0.2, 0) is 19.0 Å². The van der Waals surface area contributed by atoms with Crippen molar-refractivity contribution in [2.45, 2.75) is 32.5 Å². The second-order valence-electron chi connectivity index (χ2n) is 7.47. The van der Waals surface area contributed by atoms with Gasteiger partial charge in [0.15, 0.2) is 5.79 Å². The monoisotopic (exact) mass is 418 g/mol. The summed E-state index contributed by atoms with van der Waals surface area (Å²) >= 11 is 1.49. The number of hydrogen-bond donors (Lipinski definition) is 1. The Morgan fingerprint density at radius 3 is 2.52 bits per heavy atom. The predicted molar refractivity (Wildman–Crippen MR) is 111 cm³/mol. The summed E-state index contributed by atoms with van der Waals surface area (Å²) in [7, 11) is 0. The fourth-order valence-corrected chi connectivity index (χ4v) is 4.63. The Balaban J connectivity index is 1.45. The zero-order valence-electron chi connectivity index (χ0n) is 16.8. The fraction of sp³-hybridized carbons (Fsp3) is 0.524. The van der Waals surface area contributed by atoms with Gasteiger partial charge in [-0.1, -0.05) is 6.07 Å². The van der Waals surface area contributed by atoms with Crippen LogP contribution in [0.2, 0.25) is 0 Å². The molecule has 8 heteroatoms. The molecule has 7 nitrogen and oxygen atoms in total. The number of nitrogens with zero attached hydrogens (tertiary/aromatic N) is 1. The maximum absolute atomic E-state index is 13.0. The summed E-state index contributed by atoms with van der Waals surface area (Å²) in [5.41, 5.74) is 2.11. The highest BCUT2D eigenvalue weighted by Gasteiger charge is 2.40. The van der Waals surface area contributed by atoms with Gasteiger partial charge in [-0.25, -0.2) is 0 Å². The van der Waals surface area contributed by atoms with Crippen molar-refractivity contribution >= 4 is 29.3 Å². The highest BCUT2D eigenvalue weighted by molar-refractivity contribution is 8.04. The SMILES string of the molecule is CC1=C(C(=O)Nc2cc(C(=O)N3CCC4(CC3)OCCO4)ccc2C)SCCO1. The first-order chi connectivity index (χ1) is 14.0. The molecule has 3 heterocycles. The summed E-state index contributed by atoms with van der Waals surface area (Å²) in [6.07, 6.45) is 1.36. The van der Waals surface area contributed by atoms with Crippen molar-refractivity contribution in [1.82, 2.24) is 4.90 Å². The molecule has 1 aromatic rings. The van der Waals surface area contributed by atoms with Gasteiger partial charge in [0.2, 0.25) is 0 Å². The number of amides is 2. The minimum Gasteiger partial charge on any atom is -0.496 e. The van der Waals surface area contributed by atoms with E-state index in [0.29, 0.717) is 67.7 Å². The summed E-state index contributed by atoms with van der Waals surface area (Å²) in [4.78, 5) is 28.1. The van der Waals surface area contributed by atoms with Gasteiger partial charge < -0.3 is 24.4 Å². The molecule has 1 spiro atoms. The van der Waals surface area contributed by atoms with Crippen LogP contribution < -0.4 is 5.32 Å². The number of carbonyl (C=O) groups is 2. The van der Waals surface area contributed by atoms with E-state index in [2.05, 4.69) is 5.32 Å². The van der Waals surface area contributed by atoms with E-state index in [1.165, 1.54) is 11.8 Å². The molecule has 1 N–H and O–H groups in total. The second-order valence-corrected chi connectivity index (χ2v) is 8.57. The first kappa shape index (κ1) is 20.3. The number of anilines is 1. The van der Waals surface area contributed by atoms with Gasteiger partial charge in [-0.3, -0.25) is 9.59 Å². The number of rotatable bonds is 3. The first-order valence-corrected chi connectivity index (χ1v) is 10.9. The Hall–Kier alpha value is -2.03. The normalized spacial score (nSPS) is 21.2. The zero-order chi connectivity index (χ0) is 20.4. The number of allylic oxidation sites excluding steroid dienone is 1. The lowest BCUT2D eigenvalue weighted by Crippen LogP contribution is -2.47. The summed E-state index contributed by atoms with van der Waals surface area (Å²) in [6, 6.07) is 5.43. The Kier molecular flexibility index (Phi) is 5.85. The van der Waals surface area contributed by atoms with Crippen LogP contribution in [-0.4, -0.2) is 61.2 Å². The van der Waals surface area contributed by atoms with Gasteiger partial charge in [-0.05, 0) is 31.5 Å². The third-order valence-corrected chi connectivity index (χ3v) is 6.67. The van der Waals surface area contributed by atoms with Crippen molar-refractivity contribution in [2.24, 2.45) is 0 Å². The summed E-state index contributed by atoms with van der Waals surface area (Å²) < 4.78 is 16.9. The van der Waals surface area contributed by atoms with Gasteiger partial charge in [0, 0.05) is 42.9 Å². The van der Waals surface area contributed by atoms with Crippen LogP contribution in [0.1, 0.15) is 35.7 Å². The third-order valence-electron chi connectivity index (χ3n) is 5.53. The van der Waals surface area contributed by atoms with Crippen LogP contribution in [0.25, 0.3) is 0 Å². The van der Waals surface area contributed by atoms with E-state index < -0.39 is 5.79 Å². The number of likely N-dealkylation sites (tertiary alicyclic amines) is 1. The average molecular weight is 419 g/mol. The number of piperidine rings is 1. The van der Waals surface area contributed by atoms with Gasteiger partial charge in [0.1, 0.15) is 10.7 Å². The van der Waals surface area contributed by atoms with Gasteiger partial charge >= 0.3 is 0 Å². The Morgan fingerprint density at radius 2 is 1.83 bits per heavy atom. The van der Waals surface area contributed by atoms with Crippen LogP contribution in [0.15, 0.2) is 28.9 Å². The van der Waals surface area contributed by atoms with Gasteiger partial charge in [-0.15, -0.1) is 11.8 Å². The molecule has 4 rings (SSSR count). The molecule has 3 aliphatic heterocycles. The molecular formula is C21H26N2O5S. The van der Waals surface area contributed by atoms with Gasteiger partial charge in [0.05, 0.1) is 19.8 Å². The number of benzene rings is 1. The minimum atomic E-state index is -0.505. The van der Waals surface area contributed by atoms with Crippen molar-refractivity contribution in [3.05, 3.63) is 40.0 Å². The molecule has 3 aliphatic rings. The molecule has 0 bridgehead atoms. The van der Waals surface area contributed by atoms with Crippen molar-refractivity contribution < 1.29 is 23.8 Å². The van der Waals surface area contributed by atoms with Crippen LogP contribution in [0.3, 0.4) is 0 Å². The van der Waals surface area contributed by atoms with E-state index in [0.717, 1.165) is 11.3 Å². The quantitative estimate of drug-likeness (QED) is 0.813. The number of thioether (sulfide) groups is 1. The highest BCUT2D eigenvalue weighted by atomic mass is 32.2. The van der Waals surface area contributed by atoms with E-state index in [-0.39, 0.29) is 11.8 Å². The van der Waals surface area contributed by atoms with Crippen LogP contribution in [0, 0.1) is 6.92 Å². The molecule has 2 saturated heterocycles. The summed E-state index contributed by atoms with van der Waals surface area (Å²) in [5.74, 6) is 0.646. The van der Waals surface area contributed by atoms with Crippen LogP contribution in [0.5, 0.6) is 0 Å². The van der Waals surface area contributed by atoms with E-state index in [1.54, 1.807) is 13.0 Å². The number of nitrogens with one attached hydrogen (secondary N) is 1. The molecule has 2 fully saturated rings. The highest BCUT2D eigenvalue weighted by Crippen LogP contribution is 2.32. The van der Waals surface area contributed by atoms with Crippen LogP contribution in [0.4, 0.5) is 5.69 Å². The summed E-state index contributed by atoms with van der Waals surface area (Å²) in [6.45, 7) is 6.75.